The number of anilines is 1. The molecule has 0 atom stereocenters. The summed E-state index contributed by atoms with van der Waals surface area (Å²) in [5.74, 6) is 0. The molecule has 0 aliphatic carbocycles. The first-order chi connectivity index (χ1) is 9.40. The number of aryl methyl sites for hydroxylation is 1. The Morgan fingerprint density at radius 3 is 3.16 bits per heavy atom. The van der Waals surface area contributed by atoms with Gasteiger partial charge >= 0.3 is 0 Å². The van der Waals surface area contributed by atoms with Gasteiger partial charge in [0.2, 0.25) is 0 Å². The zero-order valence-corrected chi connectivity index (χ0v) is 12.0. The van der Waals surface area contributed by atoms with Crippen LogP contribution in [-0.4, -0.2) is 32.8 Å². The Kier molecular flexibility index (Phi) is 6.18. The van der Waals surface area contributed by atoms with E-state index in [0.717, 1.165) is 45.7 Å². The van der Waals surface area contributed by atoms with Crippen LogP contribution in [0.1, 0.15) is 30.9 Å². The molecule has 3 heteroatoms. The van der Waals surface area contributed by atoms with Crippen molar-refractivity contribution in [2.45, 2.75) is 32.6 Å². The van der Waals surface area contributed by atoms with Gasteiger partial charge in [0.15, 0.2) is 0 Å². The fourth-order valence-corrected chi connectivity index (χ4v) is 2.49. The average Bonchev–Trinajstić information content (AvgIpc) is 2.46. The summed E-state index contributed by atoms with van der Waals surface area (Å²) in [5, 5.41) is 6.93. The summed E-state index contributed by atoms with van der Waals surface area (Å²) in [6.07, 6.45) is 4.69. The molecule has 0 saturated heterocycles. The summed E-state index contributed by atoms with van der Waals surface area (Å²) in [7, 11) is 0. The zero-order valence-electron chi connectivity index (χ0n) is 12.0. The highest BCUT2D eigenvalue weighted by Gasteiger charge is 2.08. The van der Waals surface area contributed by atoms with E-state index >= 15 is 0 Å². The first kappa shape index (κ1) is 14.4. The lowest BCUT2D eigenvalue weighted by Gasteiger charge is -2.18. The maximum atomic E-state index is 5.31. The fraction of sp³-hybridized carbons (Fsp3) is 0.625. The van der Waals surface area contributed by atoms with Gasteiger partial charge in [0, 0.05) is 25.4 Å². The Morgan fingerprint density at radius 2 is 2.26 bits per heavy atom. The van der Waals surface area contributed by atoms with Crippen LogP contribution in [0.2, 0.25) is 0 Å². The molecule has 0 aromatic heterocycles. The molecule has 0 bridgehead atoms. The molecule has 106 valence electrons. The van der Waals surface area contributed by atoms with Crippen LogP contribution in [0.4, 0.5) is 5.69 Å². The van der Waals surface area contributed by atoms with Gasteiger partial charge in [-0.1, -0.05) is 12.1 Å². The van der Waals surface area contributed by atoms with Crippen LogP contribution in [0.3, 0.4) is 0 Å². The van der Waals surface area contributed by atoms with Crippen molar-refractivity contribution in [1.82, 2.24) is 5.32 Å². The molecule has 19 heavy (non-hydrogen) atoms. The third-order valence-electron chi connectivity index (χ3n) is 3.54. The number of hydrogen-bond acceptors (Lipinski definition) is 3. The van der Waals surface area contributed by atoms with Crippen LogP contribution >= 0.6 is 0 Å². The Bertz CT molecular complexity index is 379. The van der Waals surface area contributed by atoms with Gasteiger partial charge in [0.25, 0.3) is 0 Å². The van der Waals surface area contributed by atoms with Crippen molar-refractivity contribution in [3.05, 3.63) is 29.3 Å². The summed E-state index contributed by atoms with van der Waals surface area (Å²) in [5.41, 5.74) is 4.26. The summed E-state index contributed by atoms with van der Waals surface area (Å²) in [6, 6.07) is 6.85. The molecule has 1 aromatic rings. The molecule has 0 radical (unpaired) electrons. The van der Waals surface area contributed by atoms with E-state index in [9.17, 15) is 0 Å². The van der Waals surface area contributed by atoms with E-state index in [0.29, 0.717) is 0 Å². The van der Waals surface area contributed by atoms with Gasteiger partial charge in [0.1, 0.15) is 0 Å². The molecule has 2 rings (SSSR count). The number of rotatable bonds is 8. The van der Waals surface area contributed by atoms with Gasteiger partial charge in [-0.05, 0) is 62.9 Å². The molecule has 2 N–H and O–H groups in total. The van der Waals surface area contributed by atoms with Crippen molar-refractivity contribution >= 4 is 5.69 Å². The SMILES string of the molecule is CCOCCCNCCc1ccc2c(c1)CCCN2. The van der Waals surface area contributed by atoms with Crippen molar-refractivity contribution in [3.63, 3.8) is 0 Å². The van der Waals surface area contributed by atoms with Crippen molar-refractivity contribution in [3.8, 4) is 0 Å². The van der Waals surface area contributed by atoms with E-state index in [-0.39, 0.29) is 0 Å². The van der Waals surface area contributed by atoms with Crippen LogP contribution in [0.5, 0.6) is 0 Å². The lowest BCUT2D eigenvalue weighted by atomic mass is 9.99. The van der Waals surface area contributed by atoms with Crippen molar-refractivity contribution < 1.29 is 4.74 Å². The van der Waals surface area contributed by atoms with Crippen molar-refractivity contribution in [2.75, 3.05) is 38.2 Å². The van der Waals surface area contributed by atoms with Crippen LogP contribution < -0.4 is 10.6 Å². The topological polar surface area (TPSA) is 33.3 Å². The maximum absolute atomic E-state index is 5.31. The summed E-state index contributed by atoms with van der Waals surface area (Å²) < 4.78 is 5.31. The first-order valence-corrected chi connectivity index (χ1v) is 7.54. The number of nitrogens with one attached hydrogen (secondary N) is 2. The van der Waals surface area contributed by atoms with Gasteiger partial charge in [-0.25, -0.2) is 0 Å². The van der Waals surface area contributed by atoms with E-state index < -0.39 is 0 Å². The molecule has 3 nitrogen and oxygen atoms in total. The van der Waals surface area contributed by atoms with Crippen LogP contribution in [0.15, 0.2) is 18.2 Å². The first-order valence-electron chi connectivity index (χ1n) is 7.54. The van der Waals surface area contributed by atoms with E-state index in [1.165, 1.54) is 29.7 Å². The maximum Gasteiger partial charge on any atom is 0.0477 e. The van der Waals surface area contributed by atoms with Crippen LogP contribution in [0, 0.1) is 0 Å². The minimum absolute atomic E-state index is 0.823. The number of ether oxygens (including phenoxy) is 1. The van der Waals surface area contributed by atoms with Gasteiger partial charge in [0.05, 0.1) is 0 Å². The predicted octanol–water partition coefficient (Wildman–Crippen LogP) is 2.60. The highest BCUT2D eigenvalue weighted by molar-refractivity contribution is 5.54. The molecule has 0 amide bonds. The third-order valence-corrected chi connectivity index (χ3v) is 3.54. The van der Waals surface area contributed by atoms with Gasteiger partial charge < -0.3 is 15.4 Å². The highest BCUT2D eigenvalue weighted by Crippen LogP contribution is 2.22. The van der Waals surface area contributed by atoms with E-state index in [2.05, 4.69) is 28.8 Å². The van der Waals surface area contributed by atoms with E-state index in [1.807, 2.05) is 6.92 Å². The van der Waals surface area contributed by atoms with E-state index in [1.54, 1.807) is 0 Å². The second-order valence-corrected chi connectivity index (χ2v) is 5.07. The highest BCUT2D eigenvalue weighted by atomic mass is 16.5. The fourth-order valence-electron chi connectivity index (χ4n) is 2.49. The molecular weight excluding hydrogens is 236 g/mol. The molecule has 0 spiro atoms. The van der Waals surface area contributed by atoms with Crippen molar-refractivity contribution in [1.29, 1.82) is 0 Å². The molecule has 1 aliphatic heterocycles. The Labute approximate surface area is 116 Å². The average molecular weight is 262 g/mol. The lowest BCUT2D eigenvalue weighted by molar-refractivity contribution is 0.145. The summed E-state index contributed by atoms with van der Waals surface area (Å²) in [4.78, 5) is 0. The minimum atomic E-state index is 0.823. The van der Waals surface area contributed by atoms with Crippen LogP contribution in [0.25, 0.3) is 0 Å². The van der Waals surface area contributed by atoms with Gasteiger partial charge in [-0.15, -0.1) is 0 Å². The van der Waals surface area contributed by atoms with Gasteiger partial charge in [-0.3, -0.25) is 0 Å². The second-order valence-electron chi connectivity index (χ2n) is 5.07. The lowest BCUT2D eigenvalue weighted by Crippen LogP contribution is -2.20. The normalized spacial score (nSPS) is 13.9. The number of hydrogen-bond donors (Lipinski definition) is 2. The smallest absolute Gasteiger partial charge is 0.0477 e. The quantitative estimate of drug-likeness (QED) is 0.707. The predicted molar refractivity (Wildman–Crippen MR) is 80.9 cm³/mol. The standard InChI is InChI=1S/C16H26N2O/c1-2-19-12-4-9-17-11-8-14-6-7-16-15(13-14)5-3-10-18-16/h6-7,13,17-18H,2-5,8-12H2,1H3. The number of fused-ring (bicyclic) bond motifs is 1. The van der Waals surface area contributed by atoms with Crippen molar-refractivity contribution in [2.24, 2.45) is 0 Å². The molecule has 0 saturated carbocycles. The zero-order chi connectivity index (χ0) is 13.3. The summed E-state index contributed by atoms with van der Waals surface area (Å²) in [6.45, 7) is 6.95. The molecular formula is C16H26N2O. The number of benzene rings is 1. The summed E-state index contributed by atoms with van der Waals surface area (Å²) >= 11 is 0. The Hall–Kier alpha value is -1.06. The molecule has 1 aromatic carbocycles. The monoisotopic (exact) mass is 262 g/mol. The molecule has 1 aliphatic rings. The van der Waals surface area contributed by atoms with E-state index in [4.69, 9.17) is 4.74 Å². The Balaban J connectivity index is 1.66. The molecule has 1 heterocycles. The second kappa shape index (κ2) is 8.18. The molecule has 0 unspecified atom stereocenters. The van der Waals surface area contributed by atoms with Crippen LogP contribution in [-0.2, 0) is 17.6 Å². The molecule has 0 fully saturated rings. The largest absolute Gasteiger partial charge is 0.385 e. The van der Waals surface area contributed by atoms with Gasteiger partial charge in [-0.2, -0.15) is 0 Å². The third kappa shape index (κ3) is 4.84. The Morgan fingerprint density at radius 1 is 1.32 bits per heavy atom. The minimum Gasteiger partial charge on any atom is -0.385 e.